The Hall–Kier alpha value is -3.60. The summed E-state index contributed by atoms with van der Waals surface area (Å²) in [6.45, 7) is 7.66. The lowest BCUT2D eigenvalue weighted by Crippen LogP contribution is -2.46. The van der Waals surface area contributed by atoms with Crippen LogP contribution in [0.15, 0.2) is 53.3 Å². The van der Waals surface area contributed by atoms with Crippen LogP contribution in [0.4, 0.5) is 11.4 Å². The van der Waals surface area contributed by atoms with Gasteiger partial charge in [0, 0.05) is 54.3 Å². The lowest BCUT2D eigenvalue weighted by molar-refractivity contribution is 0.0867. The van der Waals surface area contributed by atoms with E-state index in [0.717, 1.165) is 70.6 Å². The van der Waals surface area contributed by atoms with Crippen molar-refractivity contribution in [1.82, 2.24) is 19.8 Å². The van der Waals surface area contributed by atoms with Crippen LogP contribution in [0.2, 0.25) is 0 Å². The van der Waals surface area contributed by atoms with Crippen LogP contribution in [0.5, 0.6) is 0 Å². The fraction of sp³-hybridized carbons (Fsp3) is 0.400. The molecule has 190 valence electrons. The first kappa shape index (κ1) is 23.8. The van der Waals surface area contributed by atoms with Gasteiger partial charge in [0.1, 0.15) is 17.6 Å². The maximum Gasteiger partial charge on any atom is 0.138 e. The van der Waals surface area contributed by atoms with Gasteiger partial charge in [-0.1, -0.05) is 6.42 Å². The number of piperidine rings is 2. The number of hydrogen-bond donors (Lipinski definition) is 2. The Labute approximate surface area is 218 Å². The molecule has 2 saturated heterocycles. The molecule has 7 nitrogen and oxygen atoms in total. The molecule has 0 atom stereocenters. The van der Waals surface area contributed by atoms with Crippen LogP contribution < -0.4 is 5.32 Å². The van der Waals surface area contributed by atoms with E-state index in [2.05, 4.69) is 56.3 Å². The van der Waals surface area contributed by atoms with Crippen LogP contribution in [0.25, 0.3) is 22.2 Å². The summed E-state index contributed by atoms with van der Waals surface area (Å²) >= 11 is 0. The van der Waals surface area contributed by atoms with E-state index >= 15 is 0 Å². The zero-order valence-electron chi connectivity index (χ0n) is 21.5. The van der Waals surface area contributed by atoms with Crippen LogP contribution in [-0.4, -0.2) is 52.0 Å². The van der Waals surface area contributed by atoms with Crippen molar-refractivity contribution in [1.29, 1.82) is 5.26 Å². The van der Waals surface area contributed by atoms with Crippen molar-refractivity contribution in [3.05, 3.63) is 65.8 Å². The highest BCUT2D eigenvalue weighted by molar-refractivity contribution is 5.91. The number of furan rings is 1. The number of hydrogen-bond acceptors (Lipinski definition) is 6. The SMILES string of the molecule is Cc1c(Nc2c(C#N)cncc2-c2ccc(CN3CCC(N4CCCCC4)CC3)o2)ccc2[nH]ccc12. The second kappa shape index (κ2) is 10.4. The molecule has 7 heteroatoms. The van der Waals surface area contributed by atoms with Gasteiger partial charge in [-0.05, 0) is 81.6 Å². The van der Waals surface area contributed by atoms with Gasteiger partial charge in [0.15, 0.2) is 0 Å². The van der Waals surface area contributed by atoms with Crippen LogP contribution in [0.1, 0.15) is 49.0 Å². The zero-order chi connectivity index (χ0) is 25.2. The van der Waals surface area contributed by atoms with E-state index in [1.165, 1.54) is 45.2 Å². The first-order valence-corrected chi connectivity index (χ1v) is 13.5. The largest absolute Gasteiger partial charge is 0.460 e. The number of nitrogens with one attached hydrogen (secondary N) is 2. The van der Waals surface area contributed by atoms with Gasteiger partial charge >= 0.3 is 0 Å². The van der Waals surface area contributed by atoms with Crippen molar-refractivity contribution in [2.45, 2.75) is 51.6 Å². The molecule has 0 saturated carbocycles. The van der Waals surface area contributed by atoms with E-state index in [9.17, 15) is 5.26 Å². The Kier molecular flexibility index (Phi) is 6.69. The molecule has 5 heterocycles. The maximum absolute atomic E-state index is 9.84. The standard InChI is InChI=1S/C30H34N6O/c1-21-25-9-12-33-28(25)7-6-27(21)34-30-22(17-31)18-32-19-26(30)29-8-5-24(37-29)20-35-15-10-23(11-16-35)36-13-3-2-4-14-36/h5-9,12,18-19,23,33H,2-4,10-11,13-16,20H2,1H3,(H,32,34). The number of nitriles is 1. The highest BCUT2D eigenvalue weighted by atomic mass is 16.3. The van der Waals surface area contributed by atoms with E-state index < -0.39 is 0 Å². The van der Waals surface area contributed by atoms with Gasteiger partial charge in [-0.3, -0.25) is 9.88 Å². The van der Waals surface area contributed by atoms with Gasteiger partial charge in [-0.15, -0.1) is 0 Å². The molecule has 2 aliphatic heterocycles. The number of aromatic amines is 1. The molecule has 0 unspecified atom stereocenters. The number of anilines is 2. The number of likely N-dealkylation sites (tertiary alicyclic amines) is 2. The number of benzene rings is 1. The second-order valence-electron chi connectivity index (χ2n) is 10.4. The molecule has 4 aromatic rings. The predicted octanol–water partition coefficient (Wildman–Crippen LogP) is 6.20. The molecule has 2 aliphatic rings. The van der Waals surface area contributed by atoms with Gasteiger partial charge in [0.05, 0.1) is 23.4 Å². The third kappa shape index (κ3) is 4.87. The molecular formula is C30H34N6O. The molecule has 3 aromatic heterocycles. The third-order valence-electron chi connectivity index (χ3n) is 8.10. The Balaban J connectivity index is 1.19. The van der Waals surface area contributed by atoms with E-state index in [0.29, 0.717) is 5.56 Å². The summed E-state index contributed by atoms with van der Waals surface area (Å²) in [6, 6.07) is 13.3. The first-order chi connectivity index (χ1) is 18.2. The minimum absolute atomic E-state index is 0.490. The summed E-state index contributed by atoms with van der Waals surface area (Å²) in [5, 5.41) is 14.5. The van der Waals surface area contributed by atoms with E-state index in [4.69, 9.17) is 4.42 Å². The fourth-order valence-corrected chi connectivity index (χ4v) is 5.97. The number of fused-ring (bicyclic) bond motifs is 1. The molecule has 0 spiro atoms. The molecule has 1 aromatic carbocycles. The Morgan fingerprint density at radius 1 is 1.05 bits per heavy atom. The highest BCUT2D eigenvalue weighted by Crippen LogP contribution is 2.36. The molecule has 2 N–H and O–H groups in total. The fourth-order valence-electron chi connectivity index (χ4n) is 5.97. The molecule has 2 fully saturated rings. The number of H-pyrrole nitrogens is 1. The molecule has 0 bridgehead atoms. The predicted molar refractivity (Wildman–Crippen MR) is 147 cm³/mol. The van der Waals surface area contributed by atoms with Gasteiger partial charge in [-0.25, -0.2) is 0 Å². The van der Waals surface area contributed by atoms with Gasteiger partial charge in [0.25, 0.3) is 0 Å². The average Bonchev–Trinajstić information content (AvgIpc) is 3.61. The number of aryl methyl sites for hydroxylation is 1. The van der Waals surface area contributed by atoms with Crippen molar-refractivity contribution in [2.24, 2.45) is 0 Å². The summed E-state index contributed by atoms with van der Waals surface area (Å²) < 4.78 is 6.34. The number of aromatic nitrogens is 2. The topological polar surface area (TPSA) is 84.1 Å². The van der Waals surface area contributed by atoms with Gasteiger partial charge in [-0.2, -0.15) is 5.26 Å². The minimum Gasteiger partial charge on any atom is -0.460 e. The Morgan fingerprint density at radius 2 is 1.89 bits per heavy atom. The van der Waals surface area contributed by atoms with E-state index in [-0.39, 0.29) is 0 Å². The summed E-state index contributed by atoms with van der Waals surface area (Å²) in [6.07, 6.45) is 11.9. The van der Waals surface area contributed by atoms with Crippen molar-refractivity contribution in [3.8, 4) is 17.4 Å². The lowest BCUT2D eigenvalue weighted by atomic mass is 10.00. The summed E-state index contributed by atoms with van der Waals surface area (Å²) in [5.41, 5.74) is 5.18. The molecule has 0 radical (unpaired) electrons. The molecule has 6 rings (SSSR count). The second-order valence-corrected chi connectivity index (χ2v) is 10.4. The smallest absolute Gasteiger partial charge is 0.138 e. The maximum atomic E-state index is 9.84. The average molecular weight is 495 g/mol. The molecule has 0 amide bonds. The Bertz CT molecular complexity index is 1420. The molecule has 0 aliphatic carbocycles. The van der Waals surface area contributed by atoms with E-state index in [1.807, 2.05) is 18.3 Å². The zero-order valence-corrected chi connectivity index (χ0v) is 21.5. The van der Waals surface area contributed by atoms with Crippen LogP contribution in [0.3, 0.4) is 0 Å². The van der Waals surface area contributed by atoms with Crippen molar-refractivity contribution >= 4 is 22.3 Å². The molecule has 37 heavy (non-hydrogen) atoms. The number of rotatable bonds is 6. The van der Waals surface area contributed by atoms with Crippen molar-refractivity contribution < 1.29 is 4.42 Å². The Morgan fingerprint density at radius 3 is 2.70 bits per heavy atom. The van der Waals surface area contributed by atoms with Crippen LogP contribution in [-0.2, 0) is 6.54 Å². The van der Waals surface area contributed by atoms with Crippen molar-refractivity contribution in [3.63, 3.8) is 0 Å². The highest BCUT2D eigenvalue weighted by Gasteiger charge is 2.26. The summed E-state index contributed by atoms with van der Waals surface area (Å²) in [7, 11) is 0. The number of pyridine rings is 1. The van der Waals surface area contributed by atoms with Crippen molar-refractivity contribution in [2.75, 3.05) is 31.5 Å². The summed E-state index contributed by atoms with van der Waals surface area (Å²) in [4.78, 5) is 12.8. The van der Waals surface area contributed by atoms with Crippen LogP contribution >= 0.6 is 0 Å². The monoisotopic (exact) mass is 494 g/mol. The quantitative estimate of drug-likeness (QED) is 0.332. The van der Waals surface area contributed by atoms with Gasteiger partial charge in [0.2, 0.25) is 0 Å². The minimum atomic E-state index is 0.490. The molecular weight excluding hydrogens is 460 g/mol. The first-order valence-electron chi connectivity index (χ1n) is 13.5. The number of nitrogens with zero attached hydrogens (tertiary/aromatic N) is 4. The lowest BCUT2D eigenvalue weighted by Gasteiger charge is -2.40. The summed E-state index contributed by atoms with van der Waals surface area (Å²) in [5.74, 6) is 1.68. The van der Waals surface area contributed by atoms with Crippen LogP contribution in [0, 0.1) is 18.3 Å². The van der Waals surface area contributed by atoms with Gasteiger partial charge < -0.3 is 19.6 Å². The normalized spacial score (nSPS) is 17.7. The van der Waals surface area contributed by atoms with E-state index in [1.54, 1.807) is 12.4 Å². The third-order valence-corrected chi connectivity index (χ3v) is 8.10.